The smallest absolute Gasteiger partial charge is 0.122 e. The molecule has 1 aliphatic rings. The third kappa shape index (κ3) is 2.24. The topological polar surface area (TPSA) is 9.23 Å². The molecule has 0 unspecified atom stereocenters. The van der Waals surface area contributed by atoms with E-state index in [9.17, 15) is 0 Å². The van der Waals surface area contributed by atoms with Crippen molar-refractivity contribution in [1.82, 2.24) is 0 Å². The van der Waals surface area contributed by atoms with E-state index in [0.717, 1.165) is 12.2 Å². The number of rotatable bonds is 4. The summed E-state index contributed by atoms with van der Waals surface area (Å²) in [6.07, 6.45) is 1.13. The number of para-hydroxylation sites is 1. The first-order valence-electron chi connectivity index (χ1n) is 8.10. The van der Waals surface area contributed by atoms with E-state index in [1.807, 2.05) is 6.07 Å². The van der Waals surface area contributed by atoms with Crippen molar-refractivity contribution in [3.05, 3.63) is 102 Å². The van der Waals surface area contributed by atoms with E-state index in [0.29, 0.717) is 5.92 Å². The van der Waals surface area contributed by atoms with Crippen LogP contribution in [0.15, 0.2) is 84.9 Å². The SMILES string of the molecule is COc1ccccc1[C@H]1CC1(c1ccccc1)c1ccccc1. The van der Waals surface area contributed by atoms with Crippen LogP contribution in [0.5, 0.6) is 5.75 Å². The van der Waals surface area contributed by atoms with Gasteiger partial charge in [-0.2, -0.15) is 0 Å². The minimum atomic E-state index is 0.0666. The number of hydrogen-bond donors (Lipinski definition) is 0. The van der Waals surface area contributed by atoms with E-state index >= 15 is 0 Å². The minimum Gasteiger partial charge on any atom is -0.496 e. The predicted molar refractivity (Wildman–Crippen MR) is 94.0 cm³/mol. The van der Waals surface area contributed by atoms with Crippen LogP contribution in [0, 0.1) is 0 Å². The van der Waals surface area contributed by atoms with Crippen molar-refractivity contribution in [1.29, 1.82) is 0 Å². The van der Waals surface area contributed by atoms with E-state index < -0.39 is 0 Å². The lowest BCUT2D eigenvalue weighted by molar-refractivity contribution is 0.409. The molecule has 0 aliphatic heterocycles. The molecule has 1 saturated carbocycles. The lowest BCUT2D eigenvalue weighted by Crippen LogP contribution is -2.12. The maximum Gasteiger partial charge on any atom is 0.122 e. The van der Waals surface area contributed by atoms with Crippen molar-refractivity contribution in [3.8, 4) is 5.75 Å². The van der Waals surface area contributed by atoms with Crippen LogP contribution in [0.25, 0.3) is 0 Å². The van der Waals surface area contributed by atoms with Crippen LogP contribution in [-0.2, 0) is 5.41 Å². The average Bonchev–Trinajstić information content (AvgIpc) is 3.40. The van der Waals surface area contributed by atoms with Gasteiger partial charge in [0.15, 0.2) is 0 Å². The van der Waals surface area contributed by atoms with Gasteiger partial charge in [0.25, 0.3) is 0 Å². The Hall–Kier alpha value is -2.54. The van der Waals surface area contributed by atoms with Crippen molar-refractivity contribution >= 4 is 0 Å². The molecule has 0 spiro atoms. The van der Waals surface area contributed by atoms with Gasteiger partial charge in [-0.1, -0.05) is 78.9 Å². The summed E-state index contributed by atoms with van der Waals surface area (Å²) >= 11 is 0. The Morgan fingerprint density at radius 1 is 0.739 bits per heavy atom. The third-order valence-electron chi connectivity index (χ3n) is 5.05. The fourth-order valence-corrected chi connectivity index (χ4v) is 3.87. The van der Waals surface area contributed by atoms with Gasteiger partial charge in [-0.05, 0) is 29.2 Å². The highest BCUT2D eigenvalue weighted by Gasteiger charge is 2.57. The van der Waals surface area contributed by atoms with Crippen molar-refractivity contribution < 1.29 is 4.74 Å². The molecular formula is C22H20O. The molecule has 0 heterocycles. The molecule has 3 aromatic carbocycles. The summed E-state index contributed by atoms with van der Waals surface area (Å²) in [5.74, 6) is 1.45. The second-order valence-electron chi connectivity index (χ2n) is 6.20. The van der Waals surface area contributed by atoms with E-state index in [-0.39, 0.29) is 5.41 Å². The van der Waals surface area contributed by atoms with Gasteiger partial charge in [0, 0.05) is 11.3 Å². The second-order valence-corrected chi connectivity index (χ2v) is 6.20. The summed E-state index contributed by atoms with van der Waals surface area (Å²) in [4.78, 5) is 0. The van der Waals surface area contributed by atoms with Crippen LogP contribution in [0.1, 0.15) is 29.0 Å². The quantitative estimate of drug-likeness (QED) is 0.646. The largest absolute Gasteiger partial charge is 0.496 e. The molecule has 1 nitrogen and oxygen atoms in total. The molecule has 23 heavy (non-hydrogen) atoms. The number of methoxy groups -OCH3 is 1. The van der Waals surface area contributed by atoms with E-state index in [1.54, 1.807) is 7.11 Å². The molecule has 4 rings (SSSR count). The highest BCUT2D eigenvalue weighted by molar-refractivity contribution is 5.55. The molecule has 1 atom stereocenters. The normalized spacial score (nSPS) is 18.4. The van der Waals surface area contributed by atoms with Gasteiger partial charge >= 0.3 is 0 Å². The zero-order valence-corrected chi connectivity index (χ0v) is 13.3. The van der Waals surface area contributed by atoms with Crippen molar-refractivity contribution in [2.75, 3.05) is 7.11 Å². The number of benzene rings is 3. The molecule has 0 radical (unpaired) electrons. The van der Waals surface area contributed by atoms with Gasteiger partial charge in [0.1, 0.15) is 5.75 Å². The van der Waals surface area contributed by atoms with Crippen molar-refractivity contribution in [3.63, 3.8) is 0 Å². The van der Waals surface area contributed by atoms with Gasteiger partial charge in [-0.15, -0.1) is 0 Å². The molecule has 1 aliphatic carbocycles. The summed E-state index contributed by atoms with van der Waals surface area (Å²) in [5.41, 5.74) is 4.16. The first-order chi connectivity index (χ1) is 11.4. The zero-order chi connectivity index (χ0) is 15.7. The Labute approximate surface area is 137 Å². The minimum absolute atomic E-state index is 0.0666. The third-order valence-corrected chi connectivity index (χ3v) is 5.05. The Morgan fingerprint density at radius 2 is 1.26 bits per heavy atom. The summed E-state index contributed by atoms with van der Waals surface area (Å²) in [6, 6.07) is 30.1. The fourth-order valence-electron chi connectivity index (χ4n) is 3.87. The molecule has 0 saturated heterocycles. The number of ether oxygens (including phenoxy) is 1. The first-order valence-corrected chi connectivity index (χ1v) is 8.10. The van der Waals surface area contributed by atoms with Crippen LogP contribution in [-0.4, -0.2) is 7.11 Å². The fraction of sp³-hybridized carbons (Fsp3) is 0.182. The summed E-state index contributed by atoms with van der Waals surface area (Å²) < 4.78 is 5.61. The molecule has 1 fully saturated rings. The lowest BCUT2D eigenvalue weighted by Gasteiger charge is -2.20. The molecule has 114 valence electrons. The molecule has 0 aromatic heterocycles. The van der Waals surface area contributed by atoms with E-state index in [1.165, 1.54) is 16.7 Å². The lowest BCUT2D eigenvalue weighted by atomic mass is 9.84. The highest BCUT2D eigenvalue weighted by atomic mass is 16.5. The molecule has 0 amide bonds. The Morgan fingerprint density at radius 3 is 1.83 bits per heavy atom. The van der Waals surface area contributed by atoms with Crippen molar-refractivity contribution in [2.45, 2.75) is 17.8 Å². The number of hydrogen-bond acceptors (Lipinski definition) is 1. The van der Waals surface area contributed by atoms with Gasteiger partial charge < -0.3 is 4.74 Å². The second kappa shape index (κ2) is 5.58. The van der Waals surface area contributed by atoms with Gasteiger partial charge in [0.2, 0.25) is 0 Å². The first kappa shape index (κ1) is 14.1. The van der Waals surface area contributed by atoms with Gasteiger partial charge in [0.05, 0.1) is 7.11 Å². The Balaban J connectivity index is 1.85. The van der Waals surface area contributed by atoms with Gasteiger partial charge in [-0.25, -0.2) is 0 Å². The Kier molecular flexibility index (Phi) is 3.42. The van der Waals surface area contributed by atoms with E-state index in [4.69, 9.17) is 4.74 Å². The molecule has 0 N–H and O–H groups in total. The monoisotopic (exact) mass is 300 g/mol. The summed E-state index contributed by atoms with van der Waals surface area (Å²) in [6.45, 7) is 0. The van der Waals surface area contributed by atoms with Crippen LogP contribution < -0.4 is 4.74 Å². The van der Waals surface area contributed by atoms with Crippen LogP contribution in [0.3, 0.4) is 0 Å². The highest BCUT2D eigenvalue weighted by Crippen LogP contribution is 2.65. The van der Waals surface area contributed by atoms with Crippen molar-refractivity contribution in [2.24, 2.45) is 0 Å². The standard InChI is InChI=1S/C22H20O/c1-23-21-15-9-8-14-19(21)20-16-22(20,17-10-4-2-5-11-17)18-12-6-3-7-13-18/h2-15,20H,16H2,1H3/t20-/m1/s1. The van der Waals surface area contributed by atoms with Crippen LogP contribution in [0.2, 0.25) is 0 Å². The van der Waals surface area contributed by atoms with Gasteiger partial charge in [-0.3, -0.25) is 0 Å². The Bertz CT molecular complexity index is 753. The molecule has 3 aromatic rings. The maximum absolute atomic E-state index is 5.61. The summed E-state index contributed by atoms with van der Waals surface area (Å²) in [5, 5.41) is 0. The molecule has 0 bridgehead atoms. The maximum atomic E-state index is 5.61. The predicted octanol–water partition coefficient (Wildman–Crippen LogP) is 5.17. The average molecular weight is 300 g/mol. The van der Waals surface area contributed by atoms with E-state index in [2.05, 4.69) is 78.9 Å². The van der Waals surface area contributed by atoms with Crippen LogP contribution in [0.4, 0.5) is 0 Å². The zero-order valence-electron chi connectivity index (χ0n) is 13.3. The van der Waals surface area contributed by atoms with Crippen LogP contribution >= 0.6 is 0 Å². The molecular weight excluding hydrogens is 280 g/mol. The molecule has 1 heteroatoms. The summed E-state index contributed by atoms with van der Waals surface area (Å²) in [7, 11) is 1.76.